The highest BCUT2D eigenvalue weighted by molar-refractivity contribution is 7.89. The van der Waals surface area contributed by atoms with E-state index in [9.17, 15) is 13.2 Å². The molecule has 0 aromatic heterocycles. The van der Waals surface area contributed by atoms with Crippen LogP contribution in [-0.2, 0) is 14.8 Å². The van der Waals surface area contributed by atoms with Crippen LogP contribution in [0.1, 0.15) is 47.0 Å². The van der Waals surface area contributed by atoms with Crippen molar-refractivity contribution in [2.24, 2.45) is 0 Å². The molecule has 1 fully saturated rings. The topological polar surface area (TPSA) is 75.7 Å². The predicted octanol–water partition coefficient (Wildman–Crippen LogP) is 1.72. The first-order valence-electron chi connectivity index (χ1n) is 7.11. The number of hydrogen-bond donors (Lipinski definition) is 1. The molecule has 7 heteroatoms. The standard InChI is InChI=1S/C13H26N2O4S/c1-5-20(17,18)14-11-7-6-9-15(10-8-11)12(16)19-13(2,3)4/h11,14H,5-10H2,1-4H3/t11-/m0/s1. The molecule has 0 aromatic carbocycles. The number of nitrogens with zero attached hydrogens (tertiary/aromatic N) is 1. The number of rotatable bonds is 3. The Morgan fingerprint density at radius 2 is 1.95 bits per heavy atom. The summed E-state index contributed by atoms with van der Waals surface area (Å²) in [6.45, 7) is 8.25. The minimum absolute atomic E-state index is 0.0826. The fraction of sp³-hybridized carbons (Fsp3) is 0.923. The third-order valence-electron chi connectivity index (χ3n) is 3.11. The van der Waals surface area contributed by atoms with Crippen molar-refractivity contribution < 1.29 is 17.9 Å². The van der Waals surface area contributed by atoms with Crippen molar-refractivity contribution in [3.8, 4) is 0 Å². The van der Waals surface area contributed by atoms with E-state index in [2.05, 4.69) is 4.72 Å². The second-order valence-corrected chi connectivity index (χ2v) is 8.16. The van der Waals surface area contributed by atoms with Crippen LogP contribution in [0.25, 0.3) is 0 Å². The molecule has 1 amide bonds. The Bertz CT molecular complexity index is 428. The third-order valence-corrected chi connectivity index (χ3v) is 4.56. The van der Waals surface area contributed by atoms with E-state index in [1.165, 1.54) is 0 Å². The highest BCUT2D eigenvalue weighted by atomic mass is 32.2. The number of ether oxygens (including phenoxy) is 1. The Hall–Kier alpha value is -0.820. The fourth-order valence-corrected chi connectivity index (χ4v) is 2.97. The van der Waals surface area contributed by atoms with E-state index < -0.39 is 15.6 Å². The van der Waals surface area contributed by atoms with E-state index in [0.717, 1.165) is 12.8 Å². The van der Waals surface area contributed by atoms with Gasteiger partial charge in [-0.15, -0.1) is 0 Å². The summed E-state index contributed by atoms with van der Waals surface area (Å²) < 4.78 is 31.2. The lowest BCUT2D eigenvalue weighted by atomic mass is 10.1. The molecule has 1 N–H and O–H groups in total. The van der Waals surface area contributed by atoms with Crippen molar-refractivity contribution >= 4 is 16.1 Å². The molecule has 1 saturated heterocycles. The summed E-state index contributed by atoms with van der Waals surface area (Å²) >= 11 is 0. The minimum Gasteiger partial charge on any atom is -0.444 e. The second kappa shape index (κ2) is 6.76. The van der Waals surface area contributed by atoms with E-state index in [-0.39, 0.29) is 17.9 Å². The smallest absolute Gasteiger partial charge is 0.410 e. The van der Waals surface area contributed by atoms with Gasteiger partial charge in [-0.3, -0.25) is 0 Å². The van der Waals surface area contributed by atoms with Gasteiger partial charge in [-0.05, 0) is 47.0 Å². The van der Waals surface area contributed by atoms with Crippen LogP contribution in [0.3, 0.4) is 0 Å². The Kier molecular flexibility index (Phi) is 5.82. The lowest BCUT2D eigenvalue weighted by molar-refractivity contribution is 0.0256. The van der Waals surface area contributed by atoms with Gasteiger partial charge in [0.2, 0.25) is 10.0 Å². The highest BCUT2D eigenvalue weighted by Gasteiger charge is 2.26. The van der Waals surface area contributed by atoms with Crippen LogP contribution in [0.15, 0.2) is 0 Å². The summed E-state index contributed by atoms with van der Waals surface area (Å²) in [4.78, 5) is 13.6. The summed E-state index contributed by atoms with van der Waals surface area (Å²) in [5.74, 6) is 0.0826. The van der Waals surface area contributed by atoms with Gasteiger partial charge in [-0.1, -0.05) is 0 Å². The quantitative estimate of drug-likeness (QED) is 0.861. The number of carbonyl (C=O) groups excluding carboxylic acids is 1. The van der Waals surface area contributed by atoms with Gasteiger partial charge in [-0.2, -0.15) is 0 Å². The Balaban J connectivity index is 2.53. The van der Waals surface area contributed by atoms with Gasteiger partial charge in [-0.25, -0.2) is 17.9 Å². The Morgan fingerprint density at radius 1 is 1.30 bits per heavy atom. The molecule has 0 unspecified atom stereocenters. The monoisotopic (exact) mass is 306 g/mol. The molecule has 0 spiro atoms. The lowest BCUT2D eigenvalue weighted by Gasteiger charge is -2.26. The molecule has 0 radical (unpaired) electrons. The summed E-state index contributed by atoms with van der Waals surface area (Å²) in [5.41, 5.74) is -0.507. The van der Waals surface area contributed by atoms with E-state index in [1.807, 2.05) is 20.8 Å². The summed E-state index contributed by atoms with van der Waals surface area (Å²) in [6.07, 6.45) is 1.82. The van der Waals surface area contributed by atoms with Crippen molar-refractivity contribution in [3.63, 3.8) is 0 Å². The van der Waals surface area contributed by atoms with Crippen LogP contribution in [0, 0.1) is 0 Å². The lowest BCUT2D eigenvalue weighted by Crippen LogP contribution is -2.39. The molecule has 0 saturated carbocycles. The van der Waals surface area contributed by atoms with Gasteiger partial charge in [0.1, 0.15) is 5.60 Å². The summed E-state index contributed by atoms with van der Waals surface area (Å²) in [7, 11) is -3.19. The molecule has 20 heavy (non-hydrogen) atoms. The first kappa shape index (κ1) is 17.2. The van der Waals surface area contributed by atoms with Crippen LogP contribution in [0.2, 0.25) is 0 Å². The average molecular weight is 306 g/mol. The van der Waals surface area contributed by atoms with Crippen LogP contribution in [0.5, 0.6) is 0 Å². The molecule has 6 nitrogen and oxygen atoms in total. The van der Waals surface area contributed by atoms with Crippen molar-refractivity contribution in [1.82, 2.24) is 9.62 Å². The van der Waals surface area contributed by atoms with Gasteiger partial charge in [0.25, 0.3) is 0 Å². The molecule has 0 bridgehead atoms. The number of nitrogens with one attached hydrogen (secondary N) is 1. The molecule has 1 heterocycles. The molecule has 118 valence electrons. The van der Waals surface area contributed by atoms with E-state index >= 15 is 0 Å². The third kappa shape index (κ3) is 6.09. The molecule has 1 aliphatic heterocycles. The van der Waals surface area contributed by atoms with Gasteiger partial charge < -0.3 is 9.64 Å². The number of carbonyl (C=O) groups is 1. The maximum Gasteiger partial charge on any atom is 0.410 e. The molecular formula is C13H26N2O4S. The van der Waals surface area contributed by atoms with Gasteiger partial charge in [0, 0.05) is 19.1 Å². The largest absolute Gasteiger partial charge is 0.444 e. The minimum atomic E-state index is -3.19. The molecule has 1 aliphatic rings. The number of hydrogen-bond acceptors (Lipinski definition) is 4. The van der Waals surface area contributed by atoms with Crippen molar-refractivity contribution in [2.45, 2.75) is 58.6 Å². The van der Waals surface area contributed by atoms with E-state index in [4.69, 9.17) is 4.74 Å². The average Bonchev–Trinajstić information content (AvgIpc) is 2.52. The maximum absolute atomic E-state index is 12.0. The van der Waals surface area contributed by atoms with Crippen LogP contribution in [-0.4, -0.2) is 49.9 Å². The first-order chi connectivity index (χ1) is 9.13. The zero-order chi connectivity index (χ0) is 15.4. The van der Waals surface area contributed by atoms with Gasteiger partial charge in [0.05, 0.1) is 5.75 Å². The summed E-state index contributed by atoms with van der Waals surface area (Å²) in [5, 5.41) is 0. The second-order valence-electron chi connectivity index (χ2n) is 6.12. The van der Waals surface area contributed by atoms with Crippen molar-refractivity contribution in [1.29, 1.82) is 0 Å². The predicted molar refractivity (Wildman–Crippen MR) is 78.0 cm³/mol. The Morgan fingerprint density at radius 3 is 2.50 bits per heavy atom. The zero-order valence-electron chi connectivity index (χ0n) is 12.8. The van der Waals surface area contributed by atoms with E-state index in [0.29, 0.717) is 19.5 Å². The van der Waals surface area contributed by atoms with Crippen molar-refractivity contribution in [3.05, 3.63) is 0 Å². The molecular weight excluding hydrogens is 280 g/mol. The number of amides is 1. The number of sulfonamides is 1. The maximum atomic E-state index is 12.0. The highest BCUT2D eigenvalue weighted by Crippen LogP contribution is 2.16. The van der Waals surface area contributed by atoms with Crippen LogP contribution >= 0.6 is 0 Å². The van der Waals surface area contributed by atoms with Gasteiger partial charge >= 0.3 is 6.09 Å². The number of likely N-dealkylation sites (tertiary alicyclic amines) is 1. The fourth-order valence-electron chi connectivity index (χ4n) is 2.06. The molecule has 0 aromatic rings. The molecule has 1 atom stereocenters. The molecule has 1 rings (SSSR count). The molecule has 0 aliphatic carbocycles. The van der Waals surface area contributed by atoms with E-state index in [1.54, 1.807) is 11.8 Å². The first-order valence-corrected chi connectivity index (χ1v) is 8.76. The summed E-state index contributed by atoms with van der Waals surface area (Å²) in [6, 6.07) is -0.0904. The SMILES string of the molecule is CCS(=O)(=O)N[C@H]1CCCN(C(=O)OC(C)(C)C)CC1. The van der Waals surface area contributed by atoms with Crippen LogP contribution < -0.4 is 4.72 Å². The van der Waals surface area contributed by atoms with Crippen LogP contribution in [0.4, 0.5) is 4.79 Å². The van der Waals surface area contributed by atoms with Crippen molar-refractivity contribution in [2.75, 3.05) is 18.8 Å². The van der Waals surface area contributed by atoms with Gasteiger partial charge in [0.15, 0.2) is 0 Å². The Labute approximate surface area is 121 Å². The normalized spacial score (nSPS) is 21.4. The zero-order valence-corrected chi connectivity index (χ0v) is 13.6.